The standard InChI is InChI=1S/C30H35NO4S2/c1-6-26-29(36-24-15-7-20(4)8-16-24)27(30(32)33)28(23-13-11-22(12-14-23)19(2)3)31(26)37(34,35)25-17-9-21(5)10-18-25/h7-19,26-29H,6H2,1-5H3,(H,32,33)/t26-,27+,28+,29-/m1/s1. The van der Waals surface area contributed by atoms with Crippen LogP contribution >= 0.6 is 11.8 Å². The fraction of sp³-hybridized carbons (Fsp3) is 0.367. The molecule has 0 aliphatic carbocycles. The summed E-state index contributed by atoms with van der Waals surface area (Å²) in [4.78, 5) is 14.0. The summed E-state index contributed by atoms with van der Waals surface area (Å²) in [5.74, 6) is -1.59. The molecule has 37 heavy (non-hydrogen) atoms. The minimum absolute atomic E-state index is 0.186. The van der Waals surface area contributed by atoms with Crippen molar-refractivity contribution in [3.05, 3.63) is 95.1 Å². The predicted octanol–water partition coefficient (Wildman–Crippen LogP) is 6.81. The molecule has 0 saturated carbocycles. The number of carboxylic acid groups (broad SMARTS) is 1. The van der Waals surface area contributed by atoms with Crippen LogP contribution in [0.3, 0.4) is 0 Å². The summed E-state index contributed by atoms with van der Waals surface area (Å²) in [5.41, 5.74) is 3.91. The van der Waals surface area contributed by atoms with Crippen molar-refractivity contribution in [1.82, 2.24) is 4.31 Å². The topological polar surface area (TPSA) is 74.7 Å². The zero-order chi connectivity index (χ0) is 26.9. The highest BCUT2D eigenvalue weighted by molar-refractivity contribution is 8.00. The molecule has 0 unspecified atom stereocenters. The van der Waals surface area contributed by atoms with Gasteiger partial charge in [-0.15, -0.1) is 11.8 Å². The van der Waals surface area contributed by atoms with Crippen LogP contribution in [0.2, 0.25) is 0 Å². The number of hydrogen-bond acceptors (Lipinski definition) is 4. The molecule has 196 valence electrons. The van der Waals surface area contributed by atoms with Gasteiger partial charge in [-0.1, -0.05) is 80.4 Å². The summed E-state index contributed by atoms with van der Waals surface area (Å²) in [6, 6.07) is 21.2. The van der Waals surface area contributed by atoms with E-state index in [2.05, 4.69) is 13.8 Å². The Bertz CT molecular complexity index is 1330. The van der Waals surface area contributed by atoms with Crippen LogP contribution < -0.4 is 0 Å². The molecule has 1 fully saturated rings. The Hall–Kier alpha value is -2.61. The Morgan fingerprint density at radius 2 is 1.46 bits per heavy atom. The second kappa shape index (κ2) is 11.0. The minimum atomic E-state index is -3.98. The molecule has 0 spiro atoms. The average molecular weight is 538 g/mol. The van der Waals surface area contributed by atoms with Crippen LogP contribution in [0.15, 0.2) is 82.6 Å². The molecule has 3 aromatic rings. The SMILES string of the molecule is CC[C@@H]1[C@@H](Sc2ccc(C)cc2)[C@@H](C(=O)O)[C@H](c2ccc(C(C)C)cc2)N1S(=O)(=O)c1ccc(C)cc1. The third-order valence-electron chi connectivity index (χ3n) is 7.21. The molecule has 1 aliphatic rings. The van der Waals surface area contributed by atoms with Gasteiger partial charge < -0.3 is 5.11 Å². The molecule has 1 saturated heterocycles. The number of nitrogens with zero attached hydrogens (tertiary/aromatic N) is 1. The first-order chi connectivity index (χ1) is 17.5. The number of sulfonamides is 1. The first-order valence-corrected chi connectivity index (χ1v) is 15.0. The molecule has 4 rings (SSSR count). The van der Waals surface area contributed by atoms with Crippen LogP contribution in [0.5, 0.6) is 0 Å². The van der Waals surface area contributed by atoms with Crippen LogP contribution in [-0.2, 0) is 14.8 Å². The molecular formula is C30H35NO4S2. The second-order valence-electron chi connectivity index (χ2n) is 10.1. The Morgan fingerprint density at radius 1 is 0.919 bits per heavy atom. The van der Waals surface area contributed by atoms with Crippen molar-refractivity contribution in [3.63, 3.8) is 0 Å². The van der Waals surface area contributed by atoms with E-state index in [4.69, 9.17) is 0 Å². The van der Waals surface area contributed by atoms with E-state index in [1.165, 1.54) is 16.1 Å². The predicted molar refractivity (Wildman–Crippen MR) is 150 cm³/mol. The highest BCUT2D eigenvalue weighted by atomic mass is 32.2. The molecule has 1 N–H and O–H groups in total. The summed E-state index contributed by atoms with van der Waals surface area (Å²) in [5, 5.41) is 10.1. The number of benzene rings is 3. The Labute approximate surface area is 225 Å². The number of aliphatic carboxylic acids is 1. The number of carbonyl (C=O) groups is 1. The Balaban J connectivity index is 1.88. The van der Waals surface area contributed by atoms with E-state index in [0.29, 0.717) is 17.9 Å². The first kappa shape index (κ1) is 27.4. The Morgan fingerprint density at radius 3 is 1.95 bits per heavy atom. The van der Waals surface area contributed by atoms with Crippen LogP contribution in [0.4, 0.5) is 0 Å². The molecule has 0 aromatic heterocycles. The highest BCUT2D eigenvalue weighted by Gasteiger charge is 2.57. The van der Waals surface area contributed by atoms with Crippen molar-refractivity contribution in [2.75, 3.05) is 0 Å². The van der Waals surface area contributed by atoms with Gasteiger partial charge in [0.05, 0.1) is 16.9 Å². The van der Waals surface area contributed by atoms with Gasteiger partial charge in [0.25, 0.3) is 0 Å². The van der Waals surface area contributed by atoms with Crippen LogP contribution in [-0.4, -0.2) is 35.1 Å². The van der Waals surface area contributed by atoms with Gasteiger partial charge in [-0.05, 0) is 61.6 Å². The number of hydrogen-bond donors (Lipinski definition) is 1. The van der Waals surface area contributed by atoms with Gasteiger partial charge in [0.1, 0.15) is 0 Å². The fourth-order valence-corrected chi connectivity index (χ4v) is 8.62. The fourth-order valence-electron chi connectivity index (χ4n) is 5.13. The Kier molecular flexibility index (Phi) is 8.17. The maximum Gasteiger partial charge on any atom is 0.309 e. The van der Waals surface area contributed by atoms with Gasteiger partial charge in [0, 0.05) is 16.2 Å². The maximum atomic E-state index is 14.2. The zero-order valence-corrected chi connectivity index (χ0v) is 23.6. The van der Waals surface area contributed by atoms with E-state index in [-0.39, 0.29) is 4.90 Å². The summed E-state index contributed by atoms with van der Waals surface area (Å²) >= 11 is 1.47. The van der Waals surface area contributed by atoms with Crippen molar-refractivity contribution in [2.45, 2.75) is 74.1 Å². The molecule has 1 aliphatic heterocycles. The van der Waals surface area contributed by atoms with Crippen LogP contribution in [0, 0.1) is 19.8 Å². The molecular weight excluding hydrogens is 502 g/mol. The molecule has 3 aromatic carbocycles. The van der Waals surface area contributed by atoms with Crippen molar-refractivity contribution in [2.24, 2.45) is 5.92 Å². The molecule has 5 nitrogen and oxygen atoms in total. The number of rotatable bonds is 8. The third-order valence-corrected chi connectivity index (χ3v) is 10.6. The van der Waals surface area contributed by atoms with Gasteiger partial charge in [-0.25, -0.2) is 8.42 Å². The van der Waals surface area contributed by atoms with E-state index >= 15 is 0 Å². The maximum absolute atomic E-state index is 14.2. The first-order valence-electron chi connectivity index (χ1n) is 12.7. The zero-order valence-electron chi connectivity index (χ0n) is 22.0. The highest BCUT2D eigenvalue weighted by Crippen LogP contribution is 2.51. The quantitative estimate of drug-likeness (QED) is 0.342. The van der Waals surface area contributed by atoms with E-state index in [0.717, 1.165) is 21.6 Å². The molecule has 0 bridgehead atoms. The smallest absolute Gasteiger partial charge is 0.309 e. The minimum Gasteiger partial charge on any atom is -0.481 e. The van der Waals surface area contributed by atoms with Crippen LogP contribution in [0.25, 0.3) is 0 Å². The van der Waals surface area contributed by atoms with E-state index in [1.54, 1.807) is 24.3 Å². The summed E-state index contributed by atoms with van der Waals surface area (Å²) < 4.78 is 29.9. The molecule has 4 atom stereocenters. The lowest BCUT2D eigenvalue weighted by molar-refractivity contribution is -0.142. The lowest BCUT2D eigenvalue weighted by atomic mass is 9.91. The number of aryl methyl sites for hydroxylation is 2. The monoisotopic (exact) mass is 537 g/mol. The van der Waals surface area contributed by atoms with Crippen molar-refractivity contribution >= 4 is 27.8 Å². The van der Waals surface area contributed by atoms with E-state index in [9.17, 15) is 18.3 Å². The molecule has 7 heteroatoms. The van der Waals surface area contributed by atoms with Crippen molar-refractivity contribution < 1.29 is 18.3 Å². The summed E-state index contributed by atoms with van der Waals surface area (Å²) in [6.07, 6.45) is 0.499. The lowest BCUT2D eigenvalue weighted by Crippen LogP contribution is -2.39. The normalized spacial score (nSPS) is 22.4. The molecule has 0 amide bonds. The second-order valence-corrected chi connectivity index (χ2v) is 13.2. The summed E-state index contributed by atoms with van der Waals surface area (Å²) in [7, 11) is -3.98. The summed E-state index contributed by atoms with van der Waals surface area (Å²) in [6.45, 7) is 10.1. The van der Waals surface area contributed by atoms with Gasteiger partial charge in [-0.3, -0.25) is 4.79 Å². The van der Waals surface area contributed by atoms with Gasteiger partial charge in [-0.2, -0.15) is 4.31 Å². The number of carboxylic acids is 1. The van der Waals surface area contributed by atoms with Crippen molar-refractivity contribution in [1.29, 1.82) is 0 Å². The van der Waals surface area contributed by atoms with E-state index in [1.807, 2.05) is 69.3 Å². The third kappa shape index (κ3) is 5.49. The molecule has 0 radical (unpaired) electrons. The van der Waals surface area contributed by atoms with Gasteiger partial charge in [0.15, 0.2) is 0 Å². The van der Waals surface area contributed by atoms with Gasteiger partial charge in [0.2, 0.25) is 10.0 Å². The van der Waals surface area contributed by atoms with Crippen molar-refractivity contribution in [3.8, 4) is 0 Å². The van der Waals surface area contributed by atoms with Crippen LogP contribution in [0.1, 0.15) is 61.4 Å². The van der Waals surface area contributed by atoms with E-state index < -0.39 is 39.2 Å². The average Bonchev–Trinajstić information content (AvgIpc) is 3.20. The molecule has 1 heterocycles. The lowest BCUT2D eigenvalue weighted by Gasteiger charge is -2.30. The largest absolute Gasteiger partial charge is 0.481 e. The van der Waals surface area contributed by atoms with Gasteiger partial charge >= 0.3 is 5.97 Å². The number of thioether (sulfide) groups is 1.